The predicted molar refractivity (Wildman–Crippen MR) is 65.5 cm³/mol. The van der Waals surface area contributed by atoms with Gasteiger partial charge in [0.2, 0.25) is 0 Å². The van der Waals surface area contributed by atoms with Crippen molar-refractivity contribution < 1.29 is 0 Å². The molecule has 3 rings (SSSR count). The highest BCUT2D eigenvalue weighted by Gasteiger charge is 2.37. The SMILES string of the molecule is CC1(C)Cc2nc(N3CCC3)ccc2[C@H]1N. The van der Waals surface area contributed by atoms with Crippen molar-refractivity contribution in [2.75, 3.05) is 18.0 Å². The molecule has 0 unspecified atom stereocenters. The smallest absolute Gasteiger partial charge is 0.128 e. The molecular weight excluding hydrogens is 198 g/mol. The number of rotatable bonds is 1. The Bertz CT molecular complexity index is 421. The summed E-state index contributed by atoms with van der Waals surface area (Å²) in [6.45, 7) is 6.76. The first-order valence-electron chi connectivity index (χ1n) is 6.08. The first-order chi connectivity index (χ1) is 7.58. The van der Waals surface area contributed by atoms with E-state index >= 15 is 0 Å². The molecule has 0 bridgehead atoms. The highest BCUT2D eigenvalue weighted by molar-refractivity contribution is 5.46. The standard InChI is InChI=1S/C13H19N3/c1-13(2)8-10-9(12(13)14)4-5-11(15-10)16-6-3-7-16/h4-5,12H,3,6-8,14H2,1-2H3/t12-/m1/s1. The average molecular weight is 217 g/mol. The van der Waals surface area contributed by atoms with Gasteiger partial charge in [-0.15, -0.1) is 0 Å². The molecular formula is C13H19N3. The number of hydrogen-bond acceptors (Lipinski definition) is 3. The van der Waals surface area contributed by atoms with Crippen molar-refractivity contribution in [1.82, 2.24) is 4.98 Å². The number of aromatic nitrogens is 1. The molecule has 1 aliphatic carbocycles. The van der Waals surface area contributed by atoms with E-state index in [0.717, 1.165) is 25.3 Å². The second kappa shape index (κ2) is 3.20. The Morgan fingerprint density at radius 2 is 2.12 bits per heavy atom. The summed E-state index contributed by atoms with van der Waals surface area (Å²) in [5.74, 6) is 1.13. The van der Waals surface area contributed by atoms with Crippen LogP contribution in [0, 0.1) is 5.41 Å². The zero-order valence-electron chi connectivity index (χ0n) is 10.0. The zero-order chi connectivity index (χ0) is 11.3. The van der Waals surface area contributed by atoms with Gasteiger partial charge in [-0.1, -0.05) is 19.9 Å². The summed E-state index contributed by atoms with van der Waals surface area (Å²) in [4.78, 5) is 7.10. The Kier molecular flexibility index (Phi) is 2.02. The fourth-order valence-electron chi connectivity index (χ4n) is 2.61. The molecule has 0 radical (unpaired) electrons. The van der Waals surface area contributed by atoms with Crippen LogP contribution < -0.4 is 10.6 Å². The van der Waals surface area contributed by atoms with Crippen molar-refractivity contribution in [1.29, 1.82) is 0 Å². The summed E-state index contributed by atoms with van der Waals surface area (Å²) in [5, 5.41) is 0. The normalized spacial score (nSPS) is 26.4. The molecule has 1 aromatic rings. The first kappa shape index (κ1) is 10.1. The number of hydrogen-bond donors (Lipinski definition) is 1. The molecule has 0 aromatic carbocycles. The molecule has 1 aromatic heterocycles. The van der Waals surface area contributed by atoms with Gasteiger partial charge >= 0.3 is 0 Å². The summed E-state index contributed by atoms with van der Waals surface area (Å²) in [6.07, 6.45) is 2.30. The van der Waals surface area contributed by atoms with E-state index in [2.05, 4.69) is 30.9 Å². The fourth-order valence-corrected chi connectivity index (χ4v) is 2.61. The zero-order valence-corrected chi connectivity index (χ0v) is 10.0. The largest absolute Gasteiger partial charge is 0.356 e. The number of fused-ring (bicyclic) bond motifs is 1. The lowest BCUT2D eigenvalue weighted by Gasteiger charge is -2.32. The molecule has 2 aliphatic rings. The molecule has 2 heterocycles. The second-order valence-corrected chi connectivity index (χ2v) is 5.69. The topological polar surface area (TPSA) is 42.2 Å². The third-order valence-corrected chi connectivity index (χ3v) is 3.97. The molecule has 1 atom stereocenters. The minimum absolute atomic E-state index is 0.139. The summed E-state index contributed by atoms with van der Waals surface area (Å²) in [5.41, 5.74) is 8.85. The van der Waals surface area contributed by atoms with Crippen LogP contribution in [-0.4, -0.2) is 18.1 Å². The highest BCUT2D eigenvalue weighted by Crippen LogP contribution is 2.43. The van der Waals surface area contributed by atoms with Gasteiger partial charge in [-0.2, -0.15) is 0 Å². The van der Waals surface area contributed by atoms with E-state index in [-0.39, 0.29) is 11.5 Å². The first-order valence-corrected chi connectivity index (χ1v) is 6.08. The van der Waals surface area contributed by atoms with E-state index in [1.54, 1.807) is 0 Å². The molecule has 0 saturated carbocycles. The van der Waals surface area contributed by atoms with E-state index in [1.165, 1.54) is 17.7 Å². The maximum absolute atomic E-state index is 6.24. The maximum Gasteiger partial charge on any atom is 0.128 e. The Balaban J connectivity index is 1.96. The van der Waals surface area contributed by atoms with Gasteiger partial charge in [0.1, 0.15) is 5.82 Å². The number of nitrogens with two attached hydrogens (primary N) is 1. The molecule has 1 aliphatic heterocycles. The van der Waals surface area contributed by atoms with Crippen LogP contribution in [0.15, 0.2) is 12.1 Å². The van der Waals surface area contributed by atoms with E-state index in [4.69, 9.17) is 10.7 Å². The van der Waals surface area contributed by atoms with Gasteiger partial charge in [-0.3, -0.25) is 0 Å². The van der Waals surface area contributed by atoms with Crippen LogP contribution in [0.25, 0.3) is 0 Å². The van der Waals surface area contributed by atoms with Crippen molar-refractivity contribution in [3.63, 3.8) is 0 Å². The molecule has 1 fully saturated rings. The van der Waals surface area contributed by atoms with Gasteiger partial charge in [-0.05, 0) is 29.9 Å². The van der Waals surface area contributed by atoms with Gasteiger partial charge in [0.25, 0.3) is 0 Å². The molecule has 16 heavy (non-hydrogen) atoms. The molecule has 1 saturated heterocycles. The lowest BCUT2D eigenvalue weighted by molar-refractivity contribution is 0.318. The van der Waals surface area contributed by atoms with Gasteiger partial charge in [0.05, 0.1) is 0 Å². The predicted octanol–water partition coefficient (Wildman–Crippen LogP) is 1.87. The van der Waals surface area contributed by atoms with Gasteiger partial charge < -0.3 is 10.6 Å². The van der Waals surface area contributed by atoms with Crippen LogP contribution >= 0.6 is 0 Å². The van der Waals surface area contributed by atoms with Crippen LogP contribution in [-0.2, 0) is 6.42 Å². The molecule has 3 heteroatoms. The highest BCUT2D eigenvalue weighted by atomic mass is 15.2. The van der Waals surface area contributed by atoms with Crippen LogP contribution in [0.1, 0.15) is 37.6 Å². The second-order valence-electron chi connectivity index (χ2n) is 5.69. The van der Waals surface area contributed by atoms with Crippen molar-refractivity contribution in [2.24, 2.45) is 11.1 Å². The third-order valence-electron chi connectivity index (χ3n) is 3.97. The molecule has 86 valence electrons. The Hall–Kier alpha value is -1.09. The summed E-state index contributed by atoms with van der Waals surface area (Å²) >= 11 is 0. The van der Waals surface area contributed by atoms with Gasteiger partial charge in [0, 0.05) is 24.8 Å². The monoisotopic (exact) mass is 217 g/mol. The van der Waals surface area contributed by atoms with E-state index in [0.29, 0.717) is 0 Å². The number of nitrogens with zero attached hydrogens (tertiary/aromatic N) is 2. The summed E-state index contributed by atoms with van der Waals surface area (Å²) < 4.78 is 0. The Morgan fingerprint density at radius 1 is 1.38 bits per heavy atom. The average Bonchev–Trinajstić information content (AvgIpc) is 2.34. The molecule has 3 nitrogen and oxygen atoms in total. The van der Waals surface area contributed by atoms with Crippen molar-refractivity contribution in [3.05, 3.63) is 23.4 Å². The number of pyridine rings is 1. The minimum Gasteiger partial charge on any atom is -0.356 e. The van der Waals surface area contributed by atoms with Crippen LogP contribution in [0.3, 0.4) is 0 Å². The van der Waals surface area contributed by atoms with Crippen molar-refractivity contribution in [3.8, 4) is 0 Å². The summed E-state index contributed by atoms with van der Waals surface area (Å²) in [7, 11) is 0. The van der Waals surface area contributed by atoms with E-state index < -0.39 is 0 Å². The molecule has 0 amide bonds. The molecule has 0 spiro atoms. The van der Waals surface area contributed by atoms with Gasteiger partial charge in [0.15, 0.2) is 0 Å². The lowest BCUT2D eigenvalue weighted by atomic mass is 9.86. The van der Waals surface area contributed by atoms with Gasteiger partial charge in [-0.25, -0.2) is 4.98 Å². The fraction of sp³-hybridized carbons (Fsp3) is 0.615. The van der Waals surface area contributed by atoms with Crippen LogP contribution in [0.4, 0.5) is 5.82 Å². The third kappa shape index (κ3) is 1.34. The van der Waals surface area contributed by atoms with Crippen LogP contribution in [0.2, 0.25) is 0 Å². The van der Waals surface area contributed by atoms with Crippen LogP contribution in [0.5, 0.6) is 0 Å². The van der Waals surface area contributed by atoms with E-state index in [1.807, 2.05) is 0 Å². The minimum atomic E-state index is 0.139. The van der Waals surface area contributed by atoms with Crippen molar-refractivity contribution >= 4 is 5.82 Å². The Morgan fingerprint density at radius 3 is 2.75 bits per heavy atom. The number of anilines is 1. The Labute approximate surface area is 96.7 Å². The lowest BCUT2D eigenvalue weighted by Crippen LogP contribution is -2.37. The summed E-state index contributed by atoms with van der Waals surface area (Å²) in [6, 6.07) is 4.44. The van der Waals surface area contributed by atoms with Crippen molar-refractivity contribution in [2.45, 2.75) is 32.7 Å². The maximum atomic E-state index is 6.24. The van der Waals surface area contributed by atoms with E-state index in [9.17, 15) is 0 Å². The molecule has 2 N–H and O–H groups in total. The quantitative estimate of drug-likeness (QED) is 0.781.